The SMILES string of the molecule is CCCC1CSC(C2CCC(C3CCC(CCF)CC3)CC2)SC1. The van der Waals surface area contributed by atoms with Gasteiger partial charge in [0.15, 0.2) is 0 Å². The first-order valence-corrected chi connectivity index (χ1v) is 12.7. The van der Waals surface area contributed by atoms with Crippen LogP contribution in [0.3, 0.4) is 0 Å². The Balaban J connectivity index is 1.36. The van der Waals surface area contributed by atoms with E-state index < -0.39 is 0 Å². The normalized spacial score (nSPS) is 41.2. The zero-order valence-electron chi connectivity index (χ0n) is 15.6. The van der Waals surface area contributed by atoms with Crippen molar-refractivity contribution in [2.45, 2.75) is 82.1 Å². The number of hydrogen-bond donors (Lipinski definition) is 0. The van der Waals surface area contributed by atoms with Gasteiger partial charge in [-0.15, -0.1) is 23.5 Å². The number of alkyl halides is 1. The molecule has 1 heterocycles. The second-order valence-corrected chi connectivity index (χ2v) is 11.3. The largest absolute Gasteiger partial charge is 0.251 e. The first-order chi connectivity index (χ1) is 11.8. The van der Waals surface area contributed by atoms with Crippen molar-refractivity contribution in [1.29, 1.82) is 0 Å². The minimum Gasteiger partial charge on any atom is -0.251 e. The van der Waals surface area contributed by atoms with Crippen LogP contribution in [-0.4, -0.2) is 22.8 Å². The average Bonchev–Trinajstić information content (AvgIpc) is 2.64. The summed E-state index contributed by atoms with van der Waals surface area (Å²) in [6, 6.07) is 0. The summed E-state index contributed by atoms with van der Waals surface area (Å²) in [5.41, 5.74) is 0. The molecule has 140 valence electrons. The van der Waals surface area contributed by atoms with E-state index >= 15 is 0 Å². The van der Waals surface area contributed by atoms with E-state index in [-0.39, 0.29) is 6.67 Å². The molecule has 0 N–H and O–H groups in total. The zero-order valence-corrected chi connectivity index (χ0v) is 17.2. The van der Waals surface area contributed by atoms with Crippen LogP contribution in [0.2, 0.25) is 0 Å². The standard InChI is InChI=1S/C21H37FS2/c1-2-3-17-14-23-21(24-15-17)20-10-8-19(9-11-20)18-6-4-16(5-7-18)12-13-22/h16-21H,2-15H2,1H3. The molecular weight excluding hydrogens is 335 g/mol. The van der Waals surface area contributed by atoms with Crippen LogP contribution in [0.5, 0.6) is 0 Å². The van der Waals surface area contributed by atoms with Gasteiger partial charge in [-0.25, -0.2) is 0 Å². The summed E-state index contributed by atoms with van der Waals surface area (Å²) < 4.78 is 13.4. The van der Waals surface area contributed by atoms with E-state index in [4.69, 9.17) is 0 Å². The molecule has 0 nitrogen and oxygen atoms in total. The molecule has 3 aliphatic rings. The van der Waals surface area contributed by atoms with Crippen LogP contribution in [0.15, 0.2) is 0 Å². The molecular formula is C21H37FS2. The van der Waals surface area contributed by atoms with Gasteiger partial charge in [0.25, 0.3) is 0 Å². The maximum Gasteiger partial charge on any atom is 0.0897 e. The third-order valence-electron chi connectivity index (χ3n) is 6.97. The highest BCUT2D eigenvalue weighted by molar-refractivity contribution is 8.17. The van der Waals surface area contributed by atoms with Gasteiger partial charge in [-0.1, -0.05) is 26.2 Å². The summed E-state index contributed by atoms with van der Waals surface area (Å²) in [6.07, 6.45) is 15.0. The van der Waals surface area contributed by atoms with Crippen LogP contribution in [0, 0.1) is 29.6 Å². The highest BCUT2D eigenvalue weighted by Gasteiger charge is 2.35. The Morgan fingerprint density at radius 3 is 1.79 bits per heavy atom. The van der Waals surface area contributed by atoms with Crippen molar-refractivity contribution in [3.8, 4) is 0 Å². The van der Waals surface area contributed by atoms with Crippen molar-refractivity contribution in [1.82, 2.24) is 0 Å². The number of halogens is 1. The third-order valence-corrected chi connectivity index (χ3v) is 10.5. The number of thioether (sulfide) groups is 2. The molecule has 2 aliphatic carbocycles. The molecule has 24 heavy (non-hydrogen) atoms. The van der Waals surface area contributed by atoms with Gasteiger partial charge >= 0.3 is 0 Å². The number of rotatable bonds is 6. The Hall–Kier alpha value is 0.630. The molecule has 0 aromatic rings. The van der Waals surface area contributed by atoms with E-state index in [1.807, 2.05) is 0 Å². The predicted octanol–water partition coefficient (Wildman–Crippen LogP) is 7.18. The van der Waals surface area contributed by atoms with Crippen LogP contribution in [0.4, 0.5) is 4.39 Å². The van der Waals surface area contributed by atoms with E-state index in [9.17, 15) is 4.39 Å². The van der Waals surface area contributed by atoms with Gasteiger partial charge in [0.2, 0.25) is 0 Å². The average molecular weight is 373 g/mol. The van der Waals surface area contributed by atoms with E-state index in [1.165, 1.54) is 75.7 Å². The molecule has 1 saturated heterocycles. The Bertz CT molecular complexity index is 304. The minimum absolute atomic E-state index is 0.101. The Kier molecular flexibility index (Phi) is 8.15. The van der Waals surface area contributed by atoms with E-state index in [2.05, 4.69) is 30.4 Å². The van der Waals surface area contributed by atoms with Crippen LogP contribution >= 0.6 is 23.5 Å². The highest BCUT2D eigenvalue weighted by Crippen LogP contribution is 2.48. The summed E-state index contributed by atoms with van der Waals surface area (Å²) in [5.74, 6) is 7.49. The smallest absolute Gasteiger partial charge is 0.0897 e. The lowest BCUT2D eigenvalue weighted by Gasteiger charge is -2.40. The summed E-state index contributed by atoms with van der Waals surface area (Å²) in [7, 11) is 0. The molecule has 0 radical (unpaired) electrons. The van der Waals surface area contributed by atoms with Crippen LogP contribution in [0.1, 0.15) is 77.6 Å². The molecule has 0 atom stereocenters. The molecule has 1 aliphatic heterocycles. The quantitative estimate of drug-likeness (QED) is 0.484. The lowest BCUT2D eigenvalue weighted by molar-refractivity contribution is 0.144. The molecule has 0 amide bonds. The Morgan fingerprint density at radius 1 is 0.708 bits per heavy atom. The van der Waals surface area contributed by atoms with Crippen LogP contribution in [-0.2, 0) is 0 Å². The highest BCUT2D eigenvalue weighted by atomic mass is 32.2. The van der Waals surface area contributed by atoms with Gasteiger partial charge in [-0.05, 0) is 92.5 Å². The molecule has 0 bridgehead atoms. The van der Waals surface area contributed by atoms with Gasteiger partial charge in [-0.3, -0.25) is 4.39 Å². The van der Waals surface area contributed by atoms with Gasteiger partial charge in [0.1, 0.15) is 0 Å². The molecule has 0 aromatic carbocycles. The maximum absolute atomic E-state index is 12.5. The van der Waals surface area contributed by atoms with Crippen LogP contribution in [0.25, 0.3) is 0 Å². The molecule has 0 unspecified atom stereocenters. The van der Waals surface area contributed by atoms with Crippen molar-refractivity contribution < 1.29 is 4.39 Å². The molecule has 3 heteroatoms. The number of hydrogen-bond acceptors (Lipinski definition) is 2. The molecule has 0 aromatic heterocycles. The fourth-order valence-corrected chi connectivity index (χ4v) is 8.98. The van der Waals surface area contributed by atoms with Gasteiger partial charge in [0.05, 0.1) is 11.3 Å². The fourth-order valence-electron chi connectivity index (χ4n) is 5.40. The maximum atomic E-state index is 12.5. The van der Waals surface area contributed by atoms with E-state index in [0.29, 0.717) is 5.92 Å². The summed E-state index contributed by atoms with van der Waals surface area (Å²) in [4.78, 5) is 0. The fraction of sp³-hybridized carbons (Fsp3) is 1.00. The Morgan fingerprint density at radius 2 is 1.25 bits per heavy atom. The second kappa shape index (κ2) is 10.1. The summed E-state index contributed by atoms with van der Waals surface area (Å²) in [6.45, 7) is 2.23. The Labute approximate surface area is 157 Å². The lowest BCUT2D eigenvalue weighted by atomic mass is 9.69. The van der Waals surface area contributed by atoms with Gasteiger partial charge < -0.3 is 0 Å². The van der Waals surface area contributed by atoms with Crippen molar-refractivity contribution in [2.75, 3.05) is 18.2 Å². The topological polar surface area (TPSA) is 0 Å². The van der Waals surface area contributed by atoms with E-state index in [0.717, 1.165) is 34.7 Å². The van der Waals surface area contributed by atoms with Gasteiger partial charge in [-0.2, -0.15) is 0 Å². The van der Waals surface area contributed by atoms with Gasteiger partial charge in [0, 0.05) is 0 Å². The molecule has 2 saturated carbocycles. The van der Waals surface area contributed by atoms with Crippen molar-refractivity contribution in [2.24, 2.45) is 29.6 Å². The first kappa shape index (κ1) is 19.4. The monoisotopic (exact) mass is 372 g/mol. The lowest BCUT2D eigenvalue weighted by Crippen LogP contribution is -2.30. The molecule has 0 spiro atoms. The predicted molar refractivity (Wildman–Crippen MR) is 109 cm³/mol. The van der Waals surface area contributed by atoms with Crippen molar-refractivity contribution in [3.05, 3.63) is 0 Å². The minimum atomic E-state index is -0.101. The van der Waals surface area contributed by atoms with Crippen molar-refractivity contribution >= 4 is 23.5 Å². The molecule has 3 rings (SSSR count). The second-order valence-electron chi connectivity index (χ2n) is 8.62. The molecule has 3 fully saturated rings. The summed E-state index contributed by atoms with van der Waals surface area (Å²) >= 11 is 4.58. The summed E-state index contributed by atoms with van der Waals surface area (Å²) in [5, 5.41) is 0. The van der Waals surface area contributed by atoms with Crippen molar-refractivity contribution in [3.63, 3.8) is 0 Å². The first-order valence-electron chi connectivity index (χ1n) is 10.6. The van der Waals surface area contributed by atoms with E-state index in [1.54, 1.807) is 0 Å². The van der Waals surface area contributed by atoms with Crippen LogP contribution < -0.4 is 0 Å². The third kappa shape index (κ3) is 5.32. The zero-order chi connectivity index (χ0) is 16.8.